The molecule has 0 radical (unpaired) electrons. The van der Waals surface area contributed by atoms with E-state index >= 15 is 0 Å². The predicted octanol–water partition coefficient (Wildman–Crippen LogP) is 1.29. The average Bonchev–Trinajstić information content (AvgIpc) is 2.47. The molecule has 0 bridgehead atoms. The fraction of sp³-hybridized carbons (Fsp3) is 0.0714. The van der Waals surface area contributed by atoms with Crippen molar-refractivity contribution in [1.82, 2.24) is 10.3 Å². The molecular formula is C14H12FN3O3. The van der Waals surface area contributed by atoms with E-state index in [1.807, 2.05) is 0 Å². The van der Waals surface area contributed by atoms with Crippen LogP contribution in [0.2, 0.25) is 0 Å². The molecule has 0 aliphatic carbocycles. The second kappa shape index (κ2) is 6.47. The maximum Gasteiger partial charge on any atom is 0.251 e. The van der Waals surface area contributed by atoms with Crippen LogP contribution in [0.15, 0.2) is 42.6 Å². The Kier molecular flexibility index (Phi) is 4.45. The number of pyridine rings is 1. The fourth-order valence-corrected chi connectivity index (χ4v) is 1.56. The van der Waals surface area contributed by atoms with E-state index in [2.05, 4.69) is 15.6 Å². The number of rotatable bonds is 4. The standard InChI is InChI=1S/C14H12FN3O3/c15-10-4-1-3-9(7-10)14(21)17-8-12(20)18-13-11(19)5-2-6-16-13/h1-7,19H,8H2,(H,17,21)(H,16,18,20). The number of anilines is 1. The molecule has 0 saturated heterocycles. The Bertz CT molecular complexity index is 676. The summed E-state index contributed by atoms with van der Waals surface area (Å²) in [5.74, 6) is -1.85. The van der Waals surface area contributed by atoms with Crippen molar-refractivity contribution >= 4 is 17.6 Å². The molecule has 2 aromatic rings. The third-order valence-electron chi connectivity index (χ3n) is 2.54. The largest absolute Gasteiger partial charge is 0.504 e. The van der Waals surface area contributed by atoms with Gasteiger partial charge in [0.2, 0.25) is 5.91 Å². The lowest BCUT2D eigenvalue weighted by Crippen LogP contribution is -2.33. The van der Waals surface area contributed by atoms with Gasteiger partial charge >= 0.3 is 0 Å². The summed E-state index contributed by atoms with van der Waals surface area (Å²) in [7, 11) is 0. The zero-order valence-corrected chi connectivity index (χ0v) is 10.8. The molecule has 0 aliphatic heterocycles. The van der Waals surface area contributed by atoms with Crippen LogP contribution in [0.3, 0.4) is 0 Å². The van der Waals surface area contributed by atoms with Gasteiger partial charge in [-0.25, -0.2) is 9.37 Å². The lowest BCUT2D eigenvalue weighted by Gasteiger charge is -2.07. The van der Waals surface area contributed by atoms with Gasteiger partial charge in [-0.15, -0.1) is 0 Å². The van der Waals surface area contributed by atoms with E-state index in [0.717, 1.165) is 6.07 Å². The zero-order chi connectivity index (χ0) is 15.2. The number of carbonyl (C=O) groups is 2. The SMILES string of the molecule is O=C(CNC(=O)c1cccc(F)c1)Nc1ncccc1O. The summed E-state index contributed by atoms with van der Waals surface area (Å²) < 4.78 is 13.0. The van der Waals surface area contributed by atoms with Crippen LogP contribution in [0.4, 0.5) is 10.2 Å². The van der Waals surface area contributed by atoms with Crippen LogP contribution in [0, 0.1) is 5.82 Å². The monoisotopic (exact) mass is 289 g/mol. The Balaban J connectivity index is 1.90. The predicted molar refractivity (Wildman–Crippen MR) is 73.3 cm³/mol. The number of nitrogens with zero attached hydrogens (tertiary/aromatic N) is 1. The molecule has 1 aromatic carbocycles. The first kappa shape index (κ1) is 14.4. The molecule has 0 aliphatic rings. The van der Waals surface area contributed by atoms with Crippen molar-refractivity contribution in [3.63, 3.8) is 0 Å². The van der Waals surface area contributed by atoms with Gasteiger partial charge in [-0.1, -0.05) is 6.07 Å². The molecule has 2 rings (SSSR count). The lowest BCUT2D eigenvalue weighted by molar-refractivity contribution is -0.115. The summed E-state index contributed by atoms with van der Waals surface area (Å²) in [5, 5.41) is 14.1. The Morgan fingerprint density at radius 2 is 2.05 bits per heavy atom. The van der Waals surface area contributed by atoms with E-state index in [1.165, 1.54) is 36.5 Å². The first-order valence-electron chi connectivity index (χ1n) is 6.04. The van der Waals surface area contributed by atoms with Crippen LogP contribution >= 0.6 is 0 Å². The summed E-state index contributed by atoms with van der Waals surface area (Å²) in [6.45, 7) is -0.328. The van der Waals surface area contributed by atoms with Gasteiger partial charge in [0.1, 0.15) is 5.82 Å². The van der Waals surface area contributed by atoms with Gasteiger partial charge in [0.15, 0.2) is 11.6 Å². The molecule has 1 aromatic heterocycles. The zero-order valence-electron chi connectivity index (χ0n) is 10.8. The van der Waals surface area contributed by atoms with Crippen LogP contribution in [0.1, 0.15) is 10.4 Å². The highest BCUT2D eigenvalue weighted by Crippen LogP contribution is 2.17. The summed E-state index contributed by atoms with van der Waals surface area (Å²) in [5.41, 5.74) is 0.114. The highest BCUT2D eigenvalue weighted by atomic mass is 19.1. The van der Waals surface area contributed by atoms with Crippen molar-refractivity contribution < 1.29 is 19.1 Å². The number of nitrogens with one attached hydrogen (secondary N) is 2. The van der Waals surface area contributed by atoms with Gasteiger partial charge in [-0.3, -0.25) is 9.59 Å². The van der Waals surface area contributed by atoms with Crippen molar-refractivity contribution in [1.29, 1.82) is 0 Å². The number of carbonyl (C=O) groups excluding carboxylic acids is 2. The quantitative estimate of drug-likeness (QED) is 0.791. The number of aromatic hydroxyl groups is 1. The van der Waals surface area contributed by atoms with Crippen LogP contribution in [0.25, 0.3) is 0 Å². The molecule has 6 nitrogen and oxygen atoms in total. The molecule has 0 saturated carbocycles. The molecular weight excluding hydrogens is 277 g/mol. The fourth-order valence-electron chi connectivity index (χ4n) is 1.56. The molecule has 0 atom stereocenters. The Morgan fingerprint density at radius 3 is 2.76 bits per heavy atom. The molecule has 3 N–H and O–H groups in total. The molecule has 0 unspecified atom stereocenters. The number of hydrogen-bond acceptors (Lipinski definition) is 4. The molecule has 0 fully saturated rings. The van der Waals surface area contributed by atoms with E-state index in [4.69, 9.17) is 0 Å². The second-order valence-electron chi connectivity index (χ2n) is 4.11. The third-order valence-corrected chi connectivity index (χ3v) is 2.54. The van der Waals surface area contributed by atoms with Gasteiger partial charge in [0, 0.05) is 11.8 Å². The van der Waals surface area contributed by atoms with Gasteiger partial charge in [0.25, 0.3) is 5.91 Å². The summed E-state index contributed by atoms with van der Waals surface area (Å²) >= 11 is 0. The minimum absolute atomic E-state index is 0.00232. The van der Waals surface area contributed by atoms with Crippen LogP contribution in [-0.2, 0) is 4.79 Å². The molecule has 1 heterocycles. The van der Waals surface area contributed by atoms with Crippen molar-refractivity contribution in [3.05, 3.63) is 54.0 Å². The summed E-state index contributed by atoms with van der Waals surface area (Å²) in [4.78, 5) is 27.1. The average molecular weight is 289 g/mol. The third kappa shape index (κ3) is 4.00. The van der Waals surface area contributed by atoms with Crippen molar-refractivity contribution in [2.45, 2.75) is 0 Å². The van der Waals surface area contributed by atoms with E-state index in [0.29, 0.717) is 0 Å². The first-order valence-corrected chi connectivity index (χ1v) is 6.04. The minimum atomic E-state index is -0.574. The lowest BCUT2D eigenvalue weighted by atomic mass is 10.2. The highest BCUT2D eigenvalue weighted by molar-refractivity contribution is 5.99. The summed E-state index contributed by atoms with van der Waals surface area (Å²) in [6.07, 6.45) is 1.40. The van der Waals surface area contributed by atoms with E-state index in [1.54, 1.807) is 0 Å². The Labute approximate surface area is 119 Å². The second-order valence-corrected chi connectivity index (χ2v) is 4.11. The van der Waals surface area contributed by atoms with E-state index in [9.17, 15) is 19.1 Å². The molecule has 0 spiro atoms. The topological polar surface area (TPSA) is 91.3 Å². The van der Waals surface area contributed by atoms with Gasteiger partial charge in [-0.05, 0) is 30.3 Å². The molecule has 108 valence electrons. The minimum Gasteiger partial charge on any atom is -0.504 e. The van der Waals surface area contributed by atoms with Crippen LogP contribution < -0.4 is 10.6 Å². The number of halogens is 1. The van der Waals surface area contributed by atoms with Crippen LogP contribution in [-0.4, -0.2) is 28.4 Å². The Morgan fingerprint density at radius 1 is 1.24 bits per heavy atom. The van der Waals surface area contributed by atoms with E-state index in [-0.39, 0.29) is 23.7 Å². The smallest absolute Gasteiger partial charge is 0.251 e. The maximum atomic E-state index is 13.0. The number of amides is 2. The van der Waals surface area contributed by atoms with Crippen LogP contribution in [0.5, 0.6) is 5.75 Å². The van der Waals surface area contributed by atoms with Crippen molar-refractivity contribution in [3.8, 4) is 5.75 Å². The van der Waals surface area contributed by atoms with Crippen molar-refractivity contribution in [2.75, 3.05) is 11.9 Å². The molecule has 21 heavy (non-hydrogen) atoms. The normalized spacial score (nSPS) is 9.95. The molecule has 2 amide bonds. The number of aromatic nitrogens is 1. The maximum absolute atomic E-state index is 13.0. The summed E-state index contributed by atoms with van der Waals surface area (Å²) in [6, 6.07) is 7.99. The number of hydrogen-bond donors (Lipinski definition) is 3. The first-order chi connectivity index (χ1) is 10.1. The Hall–Kier alpha value is -2.96. The van der Waals surface area contributed by atoms with Gasteiger partial charge in [0.05, 0.1) is 6.54 Å². The highest BCUT2D eigenvalue weighted by Gasteiger charge is 2.10. The van der Waals surface area contributed by atoms with Gasteiger partial charge < -0.3 is 15.7 Å². The van der Waals surface area contributed by atoms with Gasteiger partial charge in [-0.2, -0.15) is 0 Å². The van der Waals surface area contributed by atoms with Crippen molar-refractivity contribution in [2.24, 2.45) is 0 Å². The molecule has 7 heteroatoms. The van der Waals surface area contributed by atoms with E-state index < -0.39 is 17.6 Å². The number of benzene rings is 1.